The molecule has 1 aliphatic carbocycles. The van der Waals surface area contributed by atoms with Crippen molar-refractivity contribution in [2.75, 3.05) is 18.4 Å². The van der Waals surface area contributed by atoms with E-state index in [0.717, 1.165) is 24.3 Å². The lowest BCUT2D eigenvalue weighted by molar-refractivity contribution is 0.271. The predicted octanol–water partition coefficient (Wildman–Crippen LogP) is 3.29. The van der Waals surface area contributed by atoms with Gasteiger partial charge in [0.05, 0.1) is 0 Å². The highest BCUT2D eigenvalue weighted by molar-refractivity contribution is 9.09. The molecule has 0 amide bonds. The van der Waals surface area contributed by atoms with Crippen LogP contribution in [0.5, 0.6) is 0 Å². The van der Waals surface area contributed by atoms with E-state index in [-0.39, 0.29) is 0 Å². The Labute approximate surface area is 101 Å². The lowest BCUT2D eigenvalue weighted by Crippen LogP contribution is -2.27. The molecule has 1 aromatic rings. The fourth-order valence-corrected chi connectivity index (χ4v) is 2.36. The molecular weight excluding hydrogens is 250 g/mol. The molecule has 0 radical (unpaired) electrons. The Kier molecular flexibility index (Phi) is 4.21. The smallest absolute Gasteiger partial charge is 0.0234 e. The van der Waals surface area contributed by atoms with Crippen LogP contribution in [0.1, 0.15) is 18.4 Å². The molecule has 0 atom stereocenters. The largest absolute Gasteiger partial charge is 0.298 e. The first-order valence-electron chi connectivity index (χ1n) is 5.70. The van der Waals surface area contributed by atoms with Crippen molar-refractivity contribution in [2.24, 2.45) is 5.92 Å². The van der Waals surface area contributed by atoms with E-state index in [4.69, 9.17) is 0 Å². The summed E-state index contributed by atoms with van der Waals surface area (Å²) < 4.78 is 0. The molecule has 2 heteroatoms. The molecule has 0 saturated heterocycles. The number of hydrogen-bond donors (Lipinski definition) is 0. The molecule has 0 aliphatic heterocycles. The summed E-state index contributed by atoms with van der Waals surface area (Å²) in [5, 5.41) is 1.08. The molecular formula is C13H18BrN. The molecule has 0 unspecified atom stereocenters. The molecule has 1 aromatic carbocycles. The van der Waals surface area contributed by atoms with Gasteiger partial charge in [0.25, 0.3) is 0 Å². The van der Waals surface area contributed by atoms with Crippen molar-refractivity contribution >= 4 is 15.9 Å². The maximum atomic E-state index is 3.53. The fourth-order valence-electron chi connectivity index (χ4n) is 1.86. The van der Waals surface area contributed by atoms with E-state index in [2.05, 4.69) is 51.2 Å². The minimum absolute atomic E-state index is 0.979. The van der Waals surface area contributed by atoms with Crippen molar-refractivity contribution in [3.63, 3.8) is 0 Å². The van der Waals surface area contributed by atoms with Crippen LogP contribution in [0.4, 0.5) is 0 Å². The quantitative estimate of drug-likeness (QED) is 0.715. The first-order valence-corrected chi connectivity index (χ1v) is 6.83. The Morgan fingerprint density at radius 3 is 2.53 bits per heavy atom. The molecule has 0 spiro atoms. The van der Waals surface area contributed by atoms with Crippen LogP contribution in [0.25, 0.3) is 0 Å². The van der Waals surface area contributed by atoms with Gasteiger partial charge in [0, 0.05) is 25.0 Å². The van der Waals surface area contributed by atoms with E-state index < -0.39 is 0 Å². The minimum atomic E-state index is 0.979. The number of alkyl halides is 1. The van der Waals surface area contributed by atoms with Crippen LogP contribution < -0.4 is 0 Å². The van der Waals surface area contributed by atoms with Gasteiger partial charge in [-0.05, 0) is 24.3 Å². The number of benzene rings is 1. The summed E-state index contributed by atoms with van der Waals surface area (Å²) in [5.41, 5.74) is 1.43. The molecule has 1 saturated carbocycles. The lowest BCUT2D eigenvalue weighted by atomic mass is 10.2. The third kappa shape index (κ3) is 3.96. The minimum Gasteiger partial charge on any atom is -0.298 e. The molecule has 2 rings (SSSR count). The zero-order valence-electron chi connectivity index (χ0n) is 9.03. The summed E-state index contributed by atoms with van der Waals surface area (Å²) in [6.07, 6.45) is 2.88. The molecule has 1 fully saturated rings. The summed E-state index contributed by atoms with van der Waals surface area (Å²) >= 11 is 3.53. The number of hydrogen-bond acceptors (Lipinski definition) is 1. The van der Waals surface area contributed by atoms with Crippen LogP contribution in [-0.2, 0) is 6.54 Å². The molecule has 82 valence electrons. The first-order chi connectivity index (χ1) is 7.38. The van der Waals surface area contributed by atoms with Gasteiger partial charge in [-0.3, -0.25) is 4.90 Å². The summed E-state index contributed by atoms with van der Waals surface area (Å²) in [4.78, 5) is 2.56. The van der Waals surface area contributed by atoms with Crippen LogP contribution in [0.2, 0.25) is 0 Å². The summed E-state index contributed by atoms with van der Waals surface area (Å²) in [5.74, 6) is 0.979. The van der Waals surface area contributed by atoms with Crippen LogP contribution in [0.15, 0.2) is 30.3 Å². The summed E-state index contributed by atoms with van der Waals surface area (Å²) in [7, 11) is 0. The Morgan fingerprint density at radius 2 is 1.93 bits per heavy atom. The highest BCUT2D eigenvalue weighted by atomic mass is 79.9. The first kappa shape index (κ1) is 11.2. The average molecular weight is 268 g/mol. The van der Waals surface area contributed by atoms with Gasteiger partial charge in [-0.1, -0.05) is 46.3 Å². The molecule has 1 nitrogen and oxygen atoms in total. The SMILES string of the molecule is BrCCN(Cc1ccccc1)CC1CC1. The fraction of sp³-hybridized carbons (Fsp3) is 0.538. The van der Waals surface area contributed by atoms with Crippen LogP contribution in [0.3, 0.4) is 0 Å². The van der Waals surface area contributed by atoms with Gasteiger partial charge in [-0.25, -0.2) is 0 Å². The number of halogens is 1. The second-order valence-electron chi connectivity index (χ2n) is 4.35. The molecule has 0 heterocycles. The summed E-state index contributed by atoms with van der Waals surface area (Å²) in [6, 6.07) is 10.8. The zero-order chi connectivity index (χ0) is 10.5. The molecule has 0 bridgehead atoms. The molecule has 15 heavy (non-hydrogen) atoms. The van der Waals surface area contributed by atoms with Gasteiger partial charge in [0.2, 0.25) is 0 Å². The Hall–Kier alpha value is -0.340. The Bertz CT molecular complexity index is 282. The van der Waals surface area contributed by atoms with E-state index in [1.807, 2.05) is 0 Å². The van der Waals surface area contributed by atoms with Crippen LogP contribution >= 0.6 is 15.9 Å². The third-order valence-corrected chi connectivity index (χ3v) is 3.22. The van der Waals surface area contributed by atoms with Gasteiger partial charge >= 0.3 is 0 Å². The number of nitrogens with zero attached hydrogens (tertiary/aromatic N) is 1. The Morgan fingerprint density at radius 1 is 1.20 bits per heavy atom. The van der Waals surface area contributed by atoms with Crippen molar-refractivity contribution in [1.82, 2.24) is 4.90 Å². The van der Waals surface area contributed by atoms with Crippen LogP contribution in [-0.4, -0.2) is 23.3 Å². The van der Waals surface area contributed by atoms with Crippen molar-refractivity contribution in [3.05, 3.63) is 35.9 Å². The highest BCUT2D eigenvalue weighted by Crippen LogP contribution is 2.30. The maximum absolute atomic E-state index is 3.53. The van der Waals surface area contributed by atoms with Crippen molar-refractivity contribution in [2.45, 2.75) is 19.4 Å². The van der Waals surface area contributed by atoms with Crippen LogP contribution in [0, 0.1) is 5.92 Å². The molecule has 1 aliphatic rings. The third-order valence-electron chi connectivity index (χ3n) is 2.86. The standard InChI is InChI=1S/C13H18BrN/c14-8-9-15(11-13-6-7-13)10-12-4-2-1-3-5-12/h1-5,13H,6-11H2. The molecule has 0 N–H and O–H groups in total. The average Bonchev–Trinajstić information content (AvgIpc) is 3.03. The van der Waals surface area contributed by atoms with Crippen molar-refractivity contribution < 1.29 is 0 Å². The monoisotopic (exact) mass is 267 g/mol. The van der Waals surface area contributed by atoms with Gasteiger partial charge in [0.15, 0.2) is 0 Å². The van der Waals surface area contributed by atoms with Gasteiger partial charge in [0.1, 0.15) is 0 Å². The molecule has 0 aromatic heterocycles. The van der Waals surface area contributed by atoms with Gasteiger partial charge < -0.3 is 0 Å². The van der Waals surface area contributed by atoms with E-state index in [1.54, 1.807) is 0 Å². The lowest BCUT2D eigenvalue weighted by Gasteiger charge is -2.21. The van der Waals surface area contributed by atoms with Gasteiger partial charge in [-0.2, -0.15) is 0 Å². The normalized spacial score (nSPS) is 15.9. The van der Waals surface area contributed by atoms with Crippen molar-refractivity contribution in [3.8, 4) is 0 Å². The van der Waals surface area contributed by atoms with Gasteiger partial charge in [-0.15, -0.1) is 0 Å². The second kappa shape index (κ2) is 5.66. The van der Waals surface area contributed by atoms with E-state index in [0.29, 0.717) is 0 Å². The number of rotatable bonds is 6. The summed E-state index contributed by atoms with van der Waals surface area (Å²) in [6.45, 7) is 3.54. The zero-order valence-corrected chi connectivity index (χ0v) is 10.6. The predicted molar refractivity (Wildman–Crippen MR) is 68.2 cm³/mol. The van der Waals surface area contributed by atoms with E-state index in [1.165, 1.54) is 24.9 Å². The van der Waals surface area contributed by atoms with E-state index >= 15 is 0 Å². The van der Waals surface area contributed by atoms with E-state index in [9.17, 15) is 0 Å². The highest BCUT2D eigenvalue weighted by Gasteiger charge is 2.23. The topological polar surface area (TPSA) is 3.24 Å². The van der Waals surface area contributed by atoms with Crippen molar-refractivity contribution in [1.29, 1.82) is 0 Å². The second-order valence-corrected chi connectivity index (χ2v) is 5.15. The maximum Gasteiger partial charge on any atom is 0.0234 e. The Balaban J connectivity index is 1.87.